The molecular weight excluding hydrogens is 327 g/mol. The number of aromatic nitrogens is 1. The lowest BCUT2D eigenvalue weighted by molar-refractivity contribution is -0.122. The van der Waals surface area contributed by atoms with Gasteiger partial charge in [0.25, 0.3) is 0 Å². The van der Waals surface area contributed by atoms with E-state index in [-0.39, 0.29) is 0 Å². The second-order valence-corrected chi connectivity index (χ2v) is 4.73. The quantitative estimate of drug-likeness (QED) is 0.771. The minimum atomic E-state index is -4.43. The number of fused-ring (bicyclic) bond motifs is 1. The van der Waals surface area contributed by atoms with Gasteiger partial charge in [-0.3, -0.25) is 0 Å². The molecule has 19 heavy (non-hydrogen) atoms. The van der Waals surface area contributed by atoms with Crippen LogP contribution in [0.5, 0.6) is 0 Å². The van der Waals surface area contributed by atoms with Crippen molar-refractivity contribution in [3.8, 4) is 0 Å². The predicted octanol–water partition coefficient (Wildman–Crippen LogP) is 3.61. The standard InChI is InChI=1S/C11H9BrF3N3O/c12-6-1-2-8-7(3-6)9(4-16-8)18-10(19)17-5-11(13,14)15/h1-4,16H,5H2,(H2,17,18,19). The van der Waals surface area contributed by atoms with Gasteiger partial charge in [0.05, 0.1) is 5.69 Å². The van der Waals surface area contributed by atoms with Gasteiger partial charge in [0.1, 0.15) is 6.54 Å². The number of rotatable bonds is 2. The average molecular weight is 336 g/mol. The smallest absolute Gasteiger partial charge is 0.359 e. The van der Waals surface area contributed by atoms with Crippen molar-refractivity contribution in [2.24, 2.45) is 0 Å². The summed E-state index contributed by atoms with van der Waals surface area (Å²) in [5.74, 6) is 0. The number of benzene rings is 1. The fourth-order valence-corrected chi connectivity index (χ4v) is 1.90. The van der Waals surface area contributed by atoms with Crippen LogP contribution in [-0.2, 0) is 0 Å². The highest BCUT2D eigenvalue weighted by Crippen LogP contribution is 2.26. The van der Waals surface area contributed by atoms with Gasteiger partial charge in [-0.1, -0.05) is 15.9 Å². The molecule has 0 aliphatic carbocycles. The van der Waals surface area contributed by atoms with Crippen LogP contribution in [0.15, 0.2) is 28.9 Å². The Bertz CT molecular complexity index is 609. The summed E-state index contributed by atoms with van der Waals surface area (Å²) in [6, 6.07) is 4.45. The van der Waals surface area contributed by atoms with E-state index in [4.69, 9.17) is 0 Å². The number of halogens is 4. The predicted molar refractivity (Wildman–Crippen MR) is 69.1 cm³/mol. The molecule has 1 aromatic carbocycles. The Labute approximate surface area is 114 Å². The van der Waals surface area contributed by atoms with E-state index in [2.05, 4.69) is 26.2 Å². The van der Waals surface area contributed by atoms with Crippen molar-refractivity contribution in [1.82, 2.24) is 10.3 Å². The number of nitrogens with one attached hydrogen (secondary N) is 3. The van der Waals surface area contributed by atoms with Crippen molar-refractivity contribution in [2.45, 2.75) is 6.18 Å². The van der Waals surface area contributed by atoms with Crippen LogP contribution in [0.1, 0.15) is 0 Å². The molecule has 0 atom stereocenters. The molecule has 0 fully saturated rings. The maximum Gasteiger partial charge on any atom is 0.405 e. The second-order valence-electron chi connectivity index (χ2n) is 3.82. The molecule has 102 valence electrons. The summed E-state index contributed by atoms with van der Waals surface area (Å²) in [6.45, 7) is -1.37. The number of carbonyl (C=O) groups excluding carboxylic acids is 1. The molecule has 8 heteroatoms. The first-order valence-corrected chi connectivity index (χ1v) is 6.03. The van der Waals surface area contributed by atoms with Crippen LogP contribution in [0, 0.1) is 0 Å². The third kappa shape index (κ3) is 3.63. The summed E-state index contributed by atoms with van der Waals surface area (Å²) in [5, 5.41) is 4.81. The van der Waals surface area contributed by atoms with E-state index in [1.54, 1.807) is 17.4 Å². The summed E-state index contributed by atoms with van der Waals surface area (Å²) < 4.78 is 36.6. The minimum absolute atomic E-state index is 0.413. The van der Waals surface area contributed by atoms with Gasteiger partial charge in [-0.15, -0.1) is 0 Å². The summed E-state index contributed by atoms with van der Waals surface area (Å²) in [7, 11) is 0. The molecule has 0 aliphatic heterocycles. The first-order chi connectivity index (χ1) is 8.85. The molecule has 2 amide bonds. The normalized spacial score (nSPS) is 11.6. The number of carbonyl (C=O) groups is 1. The number of aromatic amines is 1. The topological polar surface area (TPSA) is 56.9 Å². The number of anilines is 1. The van der Waals surface area contributed by atoms with Crippen molar-refractivity contribution in [1.29, 1.82) is 0 Å². The first kappa shape index (κ1) is 13.7. The number of H-pyrrole nitrogens is 1. The van der Waals surface area contributed by atoms with Gasteiger partial charge in [-0.25, -0.2) is 4.79 Å². The number of urea groups is 1. The van der Waals surface area contributed by atoms with E-state index < -0.39 is 18.8 Å². The van der Waals surface area contributed by atoms with Gasteiger partial charge in [-0.05, 0) is 18.2 Å². The number of amides is 2. The van der Waals surface area contributed by atoms with Crippen molar-refractivity contribution in [3.05, 3.63) is 28.9 Å². The van der Waals surface area contributed by atoms with Crippen LogP contribution in [0.4, 0.5) is 23.7 Å². The molecule has 0 bridgehead atoms. The largest absolute Gasteiger partial charge is 0.405 e. The number of hydrogen-bond acceptors (Lipinski definition) is 1. The van der Waals surface area contributed by atoms with Gasteiger partial charge in [0, 0.05) is 21.6 Å². The number of alkyl halides is 3. The lowest BCUT2D eigenvalue weighted by Crippen LogP contribution is -2.36. The van der Waals surface area contributed by atoms with Crippen LogP contribution in [0.3, 0.4) is 0 Å². The van der Waals surface area contributed by atoms with E-state index in [1.807, 2.05) is 6.07 Å². The molecule has 0 saturated heterocycles. The Hall–Kier alpha value is -1.70. The SMILES string of the molecule is O=C(NCC(F)(F)F)Nc1c[nH]c2ccc(Br)cc12. The number of hydrogen-bond donors (Lipinski definition) is 3. The van der Waals surface area contributed by atoms with E-state index in [9.17, 15) is 18.0 Å². The van der Waals surface area contributed by atoms with E-state index in [0.717, 1.165) is 9.99 Å². The van der Waals surface area contributed by atoms with Crippen molar-refractivity contribution in [2.75, 3.05) is 11.9 Å². The third-order valence-corrected chi connectivity index (χ3v) is 2.83. The van der Waals surface area contributed by atoms with Crippen LogP contribution in [0.2, 0.25) is 0 Å². The molecule has 1 aromatic heterocycles. The summed E-state index contributed by atoms with van der Waals surface area (Å²) >= 11 is 3.28. The first-order valence-electron chi connectivity index (χ1n) is 5.23. The molecule has 2 rings (SSSR count). The monoisotopic (exact) mass is 335 g/mol. The molecule has 0 radical (unpaired) electrons. The van der Waals surface area contributed by atoms with Crippen molar-refractivity contribution < 1.29 is 18.0 Å². The van der Waals surface area contributed by atoms with Gasteiger partial charge < -0.3 is 15.6 Å². The van der Waals surface area contributed by atoms with Gasteiger partial charge in [-0.2, -0.15) is 13.2 Å². The second kappa shape index (κ2) is 5.12. The zero-order valence-corrected chi connectivity index (χ0v) is 11.0. The Kier molecular flexibility index (Phi) is 3.70. The summed E-state index contributed by atoms with van der Waals surface area (Å²) in [5.41, 5.74) is 1.19. The molecular formula is C11H9BrF3N3O. The van der Waals surface area contributed by atoms with Gasteiger partial charge in [0.15, 0.2) is 0 Å². The fraction of sp³-hybridized carbons (Fsp3) is 0.182. The zero-order chi connectivity index (χ0) is 14.0. The molecule has 3 N–H and O–H groups in total. The zero-order valence-electron chi connectivity index (χ0n) is 9.44. The maximum atomic E-state index is 11.9. The molecule has 0 spiro atoms. The van der Waals surface area contributed by atoms with Crippen LogP contribution < -0.4 is 10.6 Å². The highest BCUT2D eigenvalue weighted by atomic mass is 79.9. The lowest BCUT2D eigenvalue weighted by Gasteiger charge is -2.09. The van der Waals surface area contributed by atoms with E-state index >= 15 is 0 Å². The molecule has 0 aliphatic rings. The van der Waals surface area contributed by atoms with Gasteiger partial charge >= 0.3 is 12.2 Å². The Balaban J connectivity index is 2.09. The lowest BCUT2D eigenvalue weighted by atomic mass is 10.2. The third-order valence-electron chi connectivity index (χ3n) is 2.34. The average Bonchev–Trinajstić information content (AvgIpc) is 2.68. The molecule has 4 nitrogen and oxygen atoms in total. The Morgan fingerprint density at radius 1 is 1.37 bits per heavy atom. The van der Waals surface area contributed by atoms with E-state index in [1.165, 1.54) is 6.20 Å². The fourth-order valence-electron chi connectivity index (χ4n) is 1.54. The molecule has 0 unspecified atom stereocenters. The van der Waals surface area contributed by atoms with Crippen molar-refractivity contribution >= 4 is 38.6 Å². The highest BCUT2D eigenvalue weighted by molar-refractivity contribution is 9.10. The molecule has 2 aromatic rings. The molecule has 1 heterocycles. The van der Waals surface area contributed by atoms with Crippen LogP contribution >= 0.6 is 15.9 Å². The maximum absolute atomic E-state index is 11.9. The van der Waals surface area contributed by atoms with Gasteiger partial charge in [0.2, 0.25) is 0 Å². The highest BCUT2D eigenvalue weighted by Gasteiger charge is 2.27. The van der Waals surface area contributed by atoms with Crippen LogP contribution in [-0.4, -0.2) is 23.7 Å². The summed E-state index contributed by atoms with van der Waals surface area (Å²) in [4.78, 5) is 14.2. The minimum Gasteiger partial charge on any atom is -0.359 e. The van der Waals surface area contributed by atoms with Crippen molar-refractivity contribution in [3.63, 3.8) is 0 Å². The Morgan fingerprint density at radius 3 is 2.79 bits per heavy atom. The Morgan fingerprint density at radius 2 is 2.11 bits per heavy atom. The molecule has 0 saturated carbocycles. The van der Waals surface area contributed by atoms with Crippen LogP contribution in [0.25, 0.3) is 10.9 Å². The summed E-state index contributed by atoms with van der Waals surface area (Å²) in [6.07, 6.45) is -2.91. The van der Waals surface area contributed by atoms with E-state index in [0.29, 0.717) is 11.1 Å².